The van der Waals surface area contributed by atoms with E-state index < -0.39 is 17.3 Å². The van der Waals surface area contributed by atoms with E-state index in [1.807, 2.05) is 12.1 Å². The second kappa shape index (κ2) is 10.3. The molecule has 3 heterocycles. The van der Waals surface area contributed by atoms with Crippen LogP contribution in [-0.2, 0) is 31.6 Å². The third-order valence-electron chi connectivity index (χ3n) is 8.80. The second-order valence-electron chi connectivity index (χ2n) is 11.9. The maximum atomic E-state index is 13.3. The number of amides is 3. The monoisotopic (exact) mass is 521 g/mol. The van der Waals surface area contributed by atoms with Gasteiger partial charge in [0, 0.05) is 30.6 Å². The highest BCUT2D eigenvalue weighted by Gasteiger charge is 2.41. The highest BCUT2D eigenvalue weighted by atomic mass is 16.5. The molecule has 2 aromatic carbocycles. The van der Waals surface area contributed by atoms with Crippen molar-refractivity contribution in [2.45, 2.75) is 36.2 Å². The van der Waals surface area contributed by atoms with Crippen LogP contribution in [0.4, 0.5) is 0 Å². The van der Waals surface area contributed by atoms with Crippen LogP contribution in [-0.4, -0.2) is 107 Å². The number of nitrogens with one attached hydrogen (secondary N) is 1. The molecule has 0 bridgehead atoms. The van der Waals surface area contributed by atoms with Gasteiger partial charge in [0.25, 0.3) is 5.91 Å². The Morgan fingerprint density at radius 2 is 1.62 bits per heavy atom. The number of rotatable bonds is 6. The van der Waals surface area contributed by atoms with Crippen molar-refractivity contribution in [3.8, 4) is 5.75 Å². The van der Waals surface area contributed by atoms with Crippen molar-refractivity contribution < 1.29 is 23.9 Å². The van der Waals surface area contributed by atoms with Gasteiger partial charge in [-0.2, -0.15) is 0 Å². The number of hydrogen-bond donors (Lipinski definition) is 1. The first-order chi connectivity index (χ1) is 18.4. The van der Waals surface area contributed by atoms with E-state index in [4.69, 9.17) is 9.47 Å². The van der Waals surface area contributed by atoms with Gasteiger partial charge in [-0.25, -0.2) is 0 Å². The summed E-state index contributed by atoms with van der Waals surface area (Å²) >= 11 is 0. The second-order valence-corrected chi connectivity index (χ2v) is 11.9. The van der Waals surface area contributed by atoms with Crippen molar-refractivity contribution in [1.82, 2.24) is 15.1 Å². The molecule has 0 aromatic heterocycles. The predicted octanol–water partition coefficient (Wildman–Crippen LogP) is -5.87. The lowest BCUT2D eigenvalue weighted by Gasteiger charge is -2.43. The highest BCUT2D eigenvalue weighted by molar-refractivity contribution is 6.53. The molecule has 1 unspecified atom stereocenters. The van der Waals surface area contributed by atoms with Crippen LogP contribution >= 0.6 is 0 Å². The van der Waals surface area contributed by atoms with Crippen molar-refractivity contribution in [3.63, 3.8) is 0 Å². The molecule has 8 nitrogen and oxygen atoms in total. The number of morpholine rings is 1. The van der Waals surface area contributed by atoms with Crippen molar-refractivity contribution in [3.05, 3.63) is 52.6 Å². The molecule has 3 aliphatic rings. The number of piperidine rings is 1. The molecule has 39 heavy (non-hydrogen) atoms. The maximum absolute atomic E-state index is 13.3. The van der Waals surface area contributed by atoms with Crippen molar-refractivity contribution >= 4 is 75.7 Å². The zero-order valence-corrected chi connectivity index (χ0v) is 23.8. The van der Waals surface area contributed by atoms with Gasteiger partial charge >= 0.3 is 0 Å². The third kappa shape index (κ3) is 4.97. The number of fused-ring (bicyclic) bond motifs is 1. The lowest BCUT2D eigenvalue weighted by molar-refractivity contribution is -0.136. The quantitative estimate of drug-likeness (QED) is 0.302. The van der Waals surface area contributed by atoms with E-state index in [1.54, 1.807) is 11.0 Å². The van der Waals surface area contributed by atoms with E-state index in [-0.39, 0.29) is 30.1 Å². The van der Waals surface area contributed by atoms with E-state index in [0.717, 1.165) is 37.4 Å². The van der Waals surface area contributed by atoms with Crippen LogP contribution in [0.1, 0.15) is 39.9 Å². The minimum Gasteiger partial charge on any atom is -0.501 e. The molecular weight excluding hydrogens is 487 g/mol. The topological polar surface area (TPSA) is 88.2 Å². The molecule has 2 saturated heterocycles. The van der Waals surface area contributed by atoms with Gasteiger partial charge in [-0.3, -0.25) is 19.7 Å². The minimum atomic E-state index is -0.670. The fourth-order valence-corrected chi connectivity index (χ4v) is 6.41. The Kier molecular flexibility index (Phi) is 7.31. The molecule has 0 saturated carbocycles. The average Bonchev–Trinajstić information content (AvgIpc) is 3.23. The molecule has 14 heteroatoms. The number of imide groups is 1. The average molecular weight is 520 g/mol. The van der Waals surface area contributed by atoms with E-state index in [0.29, 0.717) is 17.7 Å². The molecule has 0 spiro atoms. The number of carbonyl (C=O) groups is 3. The summed E-state index contributed by atoms with van der Waals surface area (Å²) in [6.07, 6.45) is 0.557. The van der Waals surface area contributed by atoms with Crippen molar-refractivity contribution in [2.24, 2.45) is 0 Å². The fourth-order valence-electron chi connectivity index (χ4n) is 6.41. The van der Waals surface area contributed by atoms with Gasteiger partial charge in [-0.05, 0) is 29.5 Å². The number of nitrogens with zero attached hydrogens (tertiary/aromatic N) is 2. The summed E-state index contributed by atoms with van der Waals surface area (Å²) in [6.45, 7) is 3.61. The molecule has 2 aromatic rings. The van der Waals surface area contributed by atoms with E-state index in [2.05, 4.69) is 69.4 Å². The zero-order chi connectivity index (χ0) is 28.1. The highest BCUT2D eigenvalue weighted by Crippen LogP contribution is 2.36. The van der Waals surface area contributed by atoms with Crippen LogP contribution in [0, 0.1) is 0 Å². The van der Waals surface area contributed by atoms with Gasteiger partial charge in [0.2, 0.25) is 11.8 Å². The summed E-state index contributed by atoms with van der Waals surface area (Å²) in [7, 11) is 13.0. The number of ether oxygens (including phenoxy) is 2. The Balaban J connectivity index is 1.41. The number of carbonyl (C=O) groups excluding carboxylic acids is 3. The van der Waals surface area contributed by atoms with Gasteiger partial charge in [-0.15, -0.1) is 0 Å². The predicted molar refractivity (Wildman–Crippen MR) is 166 cm³/mol. The summed E-state index contributed by atoms with van der Waals surface area (Å²) < 4.78 is 12.3. The Bertz CT molecular complexity index is 1350. The fraction of sp³-hybridized carbons (Fsp3) is 0.400. The summed E-state index contributed by atoms with van der Waals surface area (Å²) in [4.78, 5) is 41.4. The van der Waals surface area contributed by atoms with E-state index in [9.17, 15) is 14.4 Å². The Morgan fingerprint density at radius 1 is 0.949 bits per heavy atom. The molecule has 1 atom stereocenters. The van der Waals surface area contributed by atoms with Gasteiger partial charge in [0.1, 0.15) is 43.2 Å². The molecule has 5 rings (SSSR count). The van der Waals surface area contributed by atoms with Gasteiger partial charge < -0.3 is 19.3 Å². The summed E-state index contributed by atoms with van der Waals surface area (Å²) in [5.41, 5.74) is 6.15. The lowest BCUT2D eigenvalue weighted by Crippen LogP contribution is -2.56. The van der Waals surface area contributed by atoms with E-state index in [1.165, 1.54) is 16.5 Å². The lowest BCUT2D eigenvalue weighted by atomic mass is 9.51. The van der Waals surface area contributed by atoms with Gasteiger partial charge in [-0.1, -0.05) is 34.7 Å². The Morgan fingerprint density at radius 3 is 2.31 bits per heavy atom. The molecule has 0 radical (unpaired) electrons. The van der Waals surface area contributed by atoms with Crippen LogP contribution in [0.15, 0.2) is 30.3 Å². The number of hydrogen-bond acceptors (Lipinski definition) is 6. The normalized spacial score (nSPS) is 20.6. The molecule has 0 aliphatic carbocycles. The van der Waals surface area contributed by atoms with Crippen LogP contribution in [0.3, 0.4) is 0 Å². The molecule has 196 valence electrons. The smallest absolute Gasteiger partial charge is 0.255 e. The standard InChI is InChI=1S/C25H33B6N3O5/c26-20-15(24(28,29)33-8-10-38-11-9-33)4-5-16(21(20)27)25(30,31)39-18-3-1-2-13-14(18)12-34(23(13)37)17-6-7-19(35)32-22(17)36/h1-5,17H,6-12,26-31H2,(H,32,35,36). The Hall–Kier alpha value is -2.84. The summed E-state index contributed by atoms with van der Waals surface area (Å²) in [6, 6.07) is 9.23. The van der Waals surface area contributed by atoms with Crippen molar-refractivity contribution in [1.29, 1.82) is 0 Å². The number of benzene rings is 2. The molecule has 1 N–H and O–H groups in total. The summed E-state index contributed by atoms with van der Waals surface area (Å²) in [5.74, 6) is -0.280. The zero-order valence-electron chi connectivity index (χ0n) is 23.8. The van der Waals surface area contributed by atoms with Crippen LogP contribution < -0.4 is 21.0 Å². The van der Waals surface area contributed by atoms with Gasteiger partial charge in [0.15, 0.2) is 15.7 Å². The SMILES string of the molecule is Bc1c(C(B)(B)Oc2cccc3c2CN(C2CCC(=O)NC2=O)C3=O)ccc(C(B)(B)N2CCOCC2)c1B. The van der Waals surface area contributed by atoms with Crippen LogP contribution in [0.25, 0.3) is 0 Å². The van der Waals surface area contributed by atoms with Gasteiger partial charge in [0.05, 0.1) is 25.2 Å². The minimum absolute atomic E-state index is 0.123. The molecule has 2 fully saturated rings. The summed E-state index contributed by atoms with van der Waals surface area (Å²) in [5, 5.41) is 1.57. The van der Waals surface area contributed by atoms with Crippen molar-refractivity contribution in [2.75, 3.05) is 26.3 Å². The van der Waals surface area contributed by atoms with Crippen LogP contribution in [0.2, 0.25) is 0 Å². The first-order valence-corrected chi connectivity index (χ1v) is 13.8. The first-order valence-electron chi connectivity index (χ1n) is 13.8. The van der Waals surface area contributed by atoms with Crippen LogP contribution in [0.5, 0.6) is 5.75 Å². The largest absolute Gasteiger partial charge is 0.501 e. The third-order valence-corrected chi connectivity index (χ3v) is 8.80. The van der Waals surface area contributed by atoms with E-state index >= 15 is 0 Å². The molecule has 3 aliphatic heterocycles. The maximum Gasteiger partial charge on any atom is 0.255 e. The molecular formula is C25H33B6N3O5. The molecule has 3 amide bonds. The Labute approximate surface area is 235 Å². The first kappa shape index (κ1) is 27.7.